The fourth-order valence-corrected chi connectivity index (χ4v) is 3.05. The van der Waals surface area contributed by atoms with Crippen LogP contribution in [0.25, 0.3) is 0 Å². The fourth-order valence-electron chi connectivity index (χ4n) is 2.71. The molecule has 112 valence electrons. The van der Waals surface area contributed by atoms with Crippen LogP contribution in [0.2, 0.25) is 0 Å². The maximum absolute atomic E-state index is 13.3. The van der Waals surface area contributed by atoms with Crippen LogP contribution >= 0.6 is 15.9 Å². The summed E-state index contributed by atoms with van der Waals surface area (Å²) >= 11 is 3.18. The summed E-state index contributed by atoms with van der Waals surface area (Å²) < 4.78 is 13.7. The molecule has 1 aliphatic heterocycles. The van der Waals surface area contributed by atoms with Crippen LogP contribution in [0, 0.1) is 5.82 Å². The largest absolute Gasteiger partial charge is 0.397 e. The van der Waals surface area contributed by atoms with Gasteiger partial charge in [-0.3, -0.25) is 0 Å². The first-order valence-electron chi connectivity index (χ1n) is 7.30. The van der Waals surface area contributed by atoms with Crippen LogP contribution in [0.5, 0.6) is 0 Å². The Kier molecular flexibility index (Phi) is 5.66. The number of anilines is 2. The second-order valence-electron chi connectivity index (χ2n) is 5.51. The third-order valence-corrected chi connectivity index (χ3v) is 4.58. The number of benzene rings is 1. The quantitative estimate of drug-likeness (QED) is 0.630. The van der Waals surface area contributed by atoms with E-state index in [-0.39, 0.29) is 5.82 Å². The van der Waals surface area contributed by atoms with Gasteiger partial charge in [-0.2, -0.15) is 0 Å². The number of nitrogen functional groups attached to an aromatic ring is 1. The second-order valence-corrected chi connectivity index (χ2v) is 6.37. The van der Waals surface area contributed by atoms with E-state index >= 15 is 0 Å². The highest BCUT2D eigenvalue weighted by molar-refractivity contribution is 9.10. The predicted octanol–water partition coefficient (Wildman–Crippen LogP) is 3.85. The van der Waals surface area contributed by atoms with Gasteiger partial charge in [-0.25, -0.2) is 4.39 Å². The molecule has 2 rings (SSSR count). The molecule has 1 aromatic rings. The van der Waals surface area contributed by atoms with E-state index in [2.05, 4.69) is 33.1 Å². The highest BCUT2D eigenvalue weighted by Crippen LogP contribution is 2.26. The zero-order valence-electron chi connectivity index (χ0n) is 12.0. The summed E-state index contributed by atoms with van der Waals surface area (Å²) in [5.74, 6) is -0.324. The van der Waals surface area contributed by atoms with Gasteiger partial charge in [0.1, 0.15) is 5.82 Å². The summed E-state index contributed by atoms with van der Waals surface area (Å²) in [5.41, 5.74) is 7.06. The van der Waals surface area contributed by atoms with Gasteiger partial charge in [0, 0.05) is 25.2 Å². The minimum Gasteiger partial charge on any atom is -0.397 e. The van der Waals surface area contributed by atoms with Crippen LogP contribution in [0.3, 0.4) is 0 Å². The molecule has 1 atom stereocenters. The Morgan fingerprint density at radius 3 is 3.00 bits per heavy atom. The van der Waals surface area contributed by atoms with Gasteiger partial charge in [0.05, 0.1) is 15.8 Å². The van der Waals surface area contributed by atoms with Gasteiger partial charge in [-0.05, 0) is 54.7 Å². The van der Waals surface area contributed by atoms with Gasteiger partial charge in [-0.15, -0.1) is 0 Å². The normalized spacial score (nSPS) is 20.1. The fraction of sp³-hybridized carbons (Fsp3) is 0.600. The van der Waals surface area contributed by atoms with Gasteiger partial charge in [0.25, 0.3) is 0 Å². The maximum atomic E-state index is 13.3. The third-order valence-electron chi connectivity index (χ3n) is 3.97. The maximum Gasteiger partial charge on any atom is 0.139 e. The Bertz CT molecular complexity index is 453. The molecular weight excluding hydrogens is 321 g/mol. The Labute approximate surface area is 128 Å². The topological polar surface area (TPSA) is 41.3 Å². The molecule has 0 radical (unpaired) electrons. The number of nitrogens with two attached hydrogens (primary N) is 1. The molecule has 0 aliphatic carbocycles. The molecule has 1 aliphatic rings. The molecule has 1 aromatic carbocycles. The van der Waals surface area contributed by atoms with Crippen molar-refractivity contribution in [2.75, 3.05) is 30.7 Å². The molecule has 5 heteroatoms. The molecule has 0 spiro atoms. The number of hydrogen-bond acceptors (Lipinski definition) is 3. The molecule has 20 heavy (non-hydrogen) atoms. The summed E-state index contributed by atoms with van der Waals surface area (Å²) in [7, 11) is 0. The Hall–Kier alpha value is -0.810. The monoisotopic (exact) mass is 343 g/mol. The van der Waals surface area contributed by atoms with Crippen molar-refractivity contribution in [3.05, 3.63) is 22.4 Å². The summed E-state index contributed by atoms with van der Waals surface area (Å²) in [6.45, 7) is 5.48. The SMILES string of the molecule is CC1CCCCN1CCCNc1cc(Br)c(F)cc1N. The minimum atomic E-state index is -0.324. The Balaban J connectivity index is 1.77. The number of likely N-dealkylation sites (tertiary alicyclic amines) is 1. The smallest absolute Gasteiger partial charge is 0.139 e. The van der Waals surface area contributed by atoms with Crippen molar-refractivity contribution in [1.82, 2.24) is 4.90 Å². The lowest BCUT2D eigenvalue weighted by Gasteiger charge is -2.33. The molecule has 3 nitrogen and oxygen atoms in total. The summed E-state index contributed by atoms with van der Waals surface area (Å²) in [4.78, 5) is 2.55. The molecule has 1 unspecified atom stereocenters. The van der Waals surface area contributed by atoms with E-state index in [1.165, 1.54) is 31.9 Å². The zero-order chi connectivity index (χ0) is 14.5. The number of hydrogen-bond donors (Lipinski definition) is 2. The molecule has 0 bridgehead atoms. The summed E-state index contributed by atoms with van der Waals surface area (Å²) in [6.07, 6.45) is 5.05. The molecule has 0 aromatic heterocycles. The van der Waals surface area contributed by atoms with Crippen LogP contribution in [0.4, 0.5) is 15.8 Å². The highest BCUT2D eigenvalue weighted by Gasteiger charge is 2.17. The van der Waals surface area contributed by atoms with E-state index in [1.54, 1.807) is 6.07 Å². The number of nitrogens with zero attached hydrogens (tertiary/aromatic N) is 1. The van der Waals surface area contributed by atoms with Gasteiger partial charge in [0.2, 0.25) is 0 Å². The van der Waals surface area contributed by atoms with Crippen LogP contribution in [-0.2, 0) is 0 Å². The Morgan fingerprint density at radius 1 is 1.45 bits per heavy atom. The van der Waals surface area contributed by atoms with E-state index in [9.17, 15) is 4.39 Å². The molecule has 1 saturated heterocycles. The second kappa shape index (κ2) is 7.27. The minimum absolute atomic E-state index is 0.324. The van der Waals surface area contributed by atoms with Crippen molar-refractivity contribution in [2.24, 2.45) is 0 Å². The summed E-state index contributed by atoms with van der Waals surface area (Å²) in [5, 5.41) is 3.29. The van der Waals surface area contributed by atoms with Crippen molar-refractivity contribution in [3.8, 4) is 0 Å². The number of rotatable bonds is 5. The molecule has 0 saturated carbocycles. The van der Waals surface area contributed by atoms with E-state index in [1.807, 2.05) is 0 Å². The lowest BCUT2D eigenvalue weighted by molar-refractivity contribution is 0.160. The number of piperidine rings is 1. The molecule has 1 heterocycles. The van der Waals surface area contributed by atoms with Crippen molar-refractivity contribution in [3.63, 3.8) is 0 Å². The predicted molar refractivity (Wildman–Crippen MR) is 86.5 cm³/mol. The van der Waals surface area contributed by atoms with Gasteiger partial charge in [-0.1, -0.05) is 6.42 Å². The molecule has 1 fully saturated rings. The van der Waals surface area contributed by atoms with E-state index in [0.29, 0.717) is 16.2 Å². The lowest BCUT2D eigenvalue weighted by atomic mass is 10.0. The lowest BCUT2D eigenvalue weighted by Crippen LogP contribution is -2.38. The molecule has 3 N–H and O–H groups in total. The van der Waals surface area contributed by atoms with Crippen LogP contribution < -0.4 is 11.1 Å². The Morgan fingerprint density at radius 2 is 2.25 bits per heavy atom. The van der Waals surface area contributed by atoms with Crippen molar-refractivity contribution in [2.45, 2.75) is 38.6 Å². The van der Waals surface area contributed by atoms with Crippen molar-refractivity contribution in [1.29, 1.82) is 0 Å². The van der Waals surface area contributed by atoms with Crippen LogP contribution in [0.15, 0.2) is 16.6 Å². The number of halogens is 2. The van der Waals surface area contributed by atoms with Gasteiger partial charge < -0.3 is 16.0 Å². The first kappa shape index (κ1) is 15.6. The first-order valence-corrected chi connectivity index (χ1v) is 8.09. The van der Waals surface area contributed by atoms with E-state index < -0.39 is 0 Å². The van der Waals surface area contributed by atoms with Crippen molar-refractivity contribution >= 4 is 27.3 Å². The van der Waals surface area contributed by atoms with Crippen LogP contribution in [-0.4, -0.2) is 30.6 Å². The van der Waals surface area contributed by atoms with Gasteiger partial charge in [0.15, 0.2) is 0 Å². The molecular formula is C15H23BrFN3. The number of nitrogens with one attached hydrogen (secondary N) is 1. The zero-order valence-corrected chi connectivity index (χ0v) is 13.5. The van der Waals surface area contributed by atoms with E-state index in [0.717, 1.165) is 25.2 Å². The average molecular weight is 344 g/mol. The van der Waals surface area contributed by atoms with Gasteiger partial charge >= 0.3 is 0 Å². The third kappa shape index (κ3) is 4.09. The highest BCUT2D eigenvalue weighted by atomic mass is 79.9. The standard InChI is InChI=1S/C15H23BrFN3/c1-11-5-2-3-7-20(11)8-4-6-19-15-9-12(16)13(17)10-14(15)18/h9-11,19H,2-8,18H2,1H3. The van der Waals surface area contributed by atoms with E-state index in [4.69, 9.17) is 5.73 Å². The van der Waals surface area contributed by atoms with Crippen LogP contribution in [0.1, 0.15) is 32.6 Å². The average Bonchev–Trinajstić information content (AvgIpc) is 2.42. The van der Waals surface area contributed by atoms with Crippen molar-refractivity contribution < 1.29 is 4.39 Å². The molecule has 0 amide bonds. The first-order chi connectivity index (χ1) is 9.58. The summed E-state index contributed by atoms with van der Waals surface area (Å²) in [6, 6.07) is 3.75.